The Kier molecular flexibility index (Phi) is 4.04. The number of nitrogens with two attached hydrogens (primary N) is 1. The van der Waals surface area contributed by atoms with Gasteiger partial charge in [0.05, 0.1) is 8.81 Å². The summed E-state index contributed by atoms with van der Waals surface area (Å²) in [4.78, 5) is 0. The first-order valence-electron chi connectivity index (χ1n) is 6.21. The number of anilines is 1. The maximum absolute atomic E-state index is 12.7. The molecule has 2 heterocycles. The van der Waals surface area contributed by atoms with Gasteiger partial charge in [0.25, 0.3) is 10.0 Å². The summed E-state index contributed by atoms with van der Waals surface area (Å²) in [5, 5.41) is 0.417. The first kappa shape index (κ1) is 15.3. The number of rotatable bonds is 2. The molecule has 8 heteroatoms. The highest BCUT2D eigenvalue weighted by Crippen LogP contribution is 2.37. The Morgan fingerprint density at radius 1 is 1.38 bits per heavy atom. The Balaban J connectivity index is 1.95. The number of sulfonamides is 1. The van der Waals surface area contributed by atoms with Crippen LogP contribution in [0, 0.1) is 0 Å². The van der Waals surface area contributed by atoms with Crippen molar-refractivity contribution < 1.29 is 8.42 Å². The zero-order valence-electron chi connectivity index (χ0n) is 10.8. The third kappa shape index (κ3) is 2.73. The van der Waals surface area contributed by atoms with E-state index in [1.807, 2.05) is 18.2 Å². The van der Waals surface area contributed by atoms with Gasteiger partial charge < -0.3 is 5.73 Å². The summed E-state index contributed by atoms with van der Waals surface area (Å²) in [5.74, 6) is 0. The average molecular weight is 408 g/mol. The number of thiophene rings is 1. The van der Waals surface area contributed by atoms with Gasteiger partial charge in [0, 0.05) is 18.8 Å². The summed E-state index contributed by atoms with van der Waals surface area (Å²) in [6, 6.07) is 7.10. The van der Waals surface area contributed by atoms with Crippen LogP contribution in [0.25, 0.3) is 0 Å². The maximum Gasteiger partial charge on any atom is 0.252 e. The molecule has 0 spiro atoms. The van der Waals surface area contributed by atoms with Gasteiger partial charge in [-0.15, -0.1) is 11.3 Å². The third-order valence-electron chi connectivity index (χ3n) is 3.48. The molecule has 0 unspecified atom stereocenters. The summed E-state index contributed by atoms with van der Waals surface area (Å²) < 4.78 is 27.7. The van der Waals surface area contributed by atoms with Crippen molar-refractivity contribution in [3.05, 3.63) is 44.2 Å². The molecular formula is C13H12BrClN2O2S2. The van der Waals surface area contributed by atoms with Crippen LogP contribution in [0.1, 0.15) is 11.1 Å². The summed E-state index contributed by atoms with van der Waals surface area (Å²) in [5.41, 5.74) is 8.68. The van der Waals surface area contributed by atoms with Crippen LogP contribution >= 0.6 is 38.9 Å². The van der Waals surface area contributed by atoms with E-state index in [9.17, 15) is 8.42 Å². The van der Waals surface area contributed by atoms with E-state index in [1.165, 1.54) is 10.4 Å². The predicted molar refractivity (Wildman–Crippen MR) is 89.2 cm³/mol. The van der Waals surface area contributed by atoms with E-state index in [1.54, 1.807) is 0 Å². The molecule has 4 nitrogen and oxygen atoms in total. The number of benzene rings is 1. The van der Waals surface area contributed by atoms with Crippen LogP contribution < -0.4 is 5.73 Å². The van der Waals surface area contributed by atoms with Crippen LogP contribution in [0.3, 0.4) is 0 Å². The van der Waals surface area contributed by atoms with Gasteiger partial charge in [0.1, 0.15) is 4.21 Å². The minimum Gasteiger partial charge on any atom is -0.398 e. The second-order valence-electron chi connectivity index (χ2n) is 4.76. The lowest BCUT2D eigenvalue weighted by Gasteiger charge is -2.28. The number of hydrogen-bond donors (Lipinski definition) is 1. The lowest BCUT2D eigenvalue weighted by atomic mass is 9.99. The van der Waals surface area contributed by atoms with Crippen molar-refractivity contribution in [3.63, 3.8) is 0 Å². The number of hydrogen-bond acceptors (Lipinski definition) is 4. The van der Waals surface area contributed by atoms with Crippen molar-refractivity contribution in [2.75, 3.05) is 12.3 Å². The van der Waals surface area contributed by atoms with Crippen molar-refractivity contribution in [1.29, 1.82) is 0 Å². The summed E-state index contributed by atoms with van der Waals surface area (Å²) in [6.45, 7) is 0.770. The van der Waals surface area contributed by atoms with Crippen LogP contribution in [0.2, 0.25) is 5.02 Å². The Hall–Kier alpha value is -0.600. The molecule has 2 N–H and O–H groups in total. The first-order chi connectivity index (χ1) is 9.89. The highest BCUT2D eigenvalue weighted by atomic mass is 79.9. The van der Waals surface area contributed by atoms with E-state index in [2.05, 4.69) is 15.9 Å². The van der Waals surface area contributed by atoms with E-state index >= 15 is 0 Å². The van der Waals surface area contributed by atoms with Gasteiger partial charge in [-0.25, -0.2) is 8.42 Å². The third-order valence-corrected chi connectivity index (χ3v) is 8.25. The molecule has 0 amide bonds. The van der Waals surface area contributed by atoms with Crippen LogP contribution in [-0.2, 0) is 23.0 Å². The van der Waals surface area contributed by atoms with Gasteiger partial charge in [-0.05, 0) is 45.6 Å². The molecule has 1 aromatic carbocycles. The normalized spacial score (nSPS) is 15.9. The zero-order valence-corrected chi connectivity index (χ0v) is 14.8. The molecule has 2 aromatic rings. The molecular weight excluding hydrogens is 396 g/mol. The molecule has 21 heavy (non-hydrogen) atoms. The number of fused-ring (bicyclic) bond motifs is 1. The van der Waals surface area contributed by atoms with E-state index in [-0.39, 0.29) is 4.21 Å². The van der Waals surface area contributed by atoms with Crippen LogP contribution in [-0.4, -0.2) is 19.3 Å². The van der Waals surface area contributed by atoms with Gasteiger partial charge >= 0.3 is 0 Å². The molecule has 0 bridgehead atoms. The fraction of sp³-hybridized carbons (Fsp3) is 0.231. The Morgan fingerprint density at radius 2 is 2.14 bits per heavy atom. The van der Waals surface area contributed by atoms with Crippen LogP contribution in [0.5, 0.6) is 0 Å². The Bertz CT molecular complexity index is 785. The zero-order chi connectivity index (χ0) is 15.2. The summed E-state index contributed by atoms with van der Waals surface area (Å²) in [6.07, 6.45) is 0.627. The lowest BCUT2D eigenvalue weighted by Crippen LogP contribution is -2.35. The molecule has 0 radical (unpaired) electrons. The van der Waals surface area contributed by atoms with Gasteiger partial charge in [0.15, 0.2) is 0 Å². The minimum atomic E-state index is -3.52. The fourth-order valence-corrected chi connectivity index (χ4v) is 6.37. The highest BCUT2D eigenvalue weighted by Gasteiger charge is 2.30. The SMILES string of the molecule is Nc1cccc2c1CCN(S(=O)(=O)c1cc(Cl)c(Br)s1)C2. The average Bonchev–Trinajstić information content (AvgIpc) is 2.79. The summed E-state index contributed by atoms with van der Waals surface area (Å²) in [7, 11) is -3.52. The molecule has 1 aromatic heterocycles. The van der Waals surface area contributed by atoms with E-state index < -0.39 is 10.0 Å². The molecule has 112 valence electrons. The molecule has 0 aliphatic carbocycles. The van der Waals surface area contributed by atoms with E-state index in [4.69, 9.17) is 17.3 Å². The predicted octanol–water partition coefficient (Wildman–Crippen LogP) is 3.49. The van der Waals surface area contributed by atoms with E-state index in [0.29, 0.717) is 28.3 Å². The monoisotopic (exact) mass is 406 g/mol. The Morgan fingerprint density at radius 3 is 2.81 bits per heavy atom. The van der Waals surface area contributed by atoms with Gasteiger partial charge in [-0.3, -0.25) is 0 Å². The van der Waals surface area contributed by atoms with Crippen molar-refractivity contribution >= 4 is 54.6 Å². The fourth-order valence-electron chi connectivity index (χ4n) is 2.40. The van der Waals surface area contributed by atoms with E-state index in [0.717, 1.165) is 28.2 Å². The molecule has 3 rings (SSSR count). The number of nitrogen functional groups attached to an aromatic ring is 1. The molecule has 1 aliphatic heterocycles. The van der Waals surface area contributed by atoms with Crippen LogP contribution in [0.15, 0.2) is 32.3 Å². The van der Waals surface area contributed by atoms with Gasteiger partial charge in [-0.2, -0.15) is 4.31 Å². The smallest absolute Gasteiger partial charge is 0.252 e. The highest BCUT2D eigenvalue weighted by molar-refractivity contribution is 9.11. The quantitative estimate of drug-likeness (QED) is 0.775. The van der Waals surface area contributed by atoms with Crippen LogP contribution in [0.4, 0.5) is 5.69 Å². The number of nitrogens with zero attached hydrogens (tertiary/aromatic N) is 1. The number of halogens is 2. The maximum atomic E-state index is 12.7. The van der Waals surface area contributed by atoms with Gasteiger partial charge in [0.2, 0.25) is 0 Å². The Labute approximate surface area is 140 Å². The lowest BCUT2D eigenvalue weighted by molar-refractivity contribution is 0.393. The topological polar surface area (TPSA) is 63.4 Å². The first-order valence-corrected chi connectivity index (χ1v) is 9.63. The van der Waals surface area contributed by atoms with Crippen molar-refractivity contribution in [1.82, 2.24) is 4.31 Å². The molecule has 0 atom stereocenters. The second-order valence-corrected chi connectivity index (χ2v) is 9.70. The van der Waals surface area contributed by atoms with Crippen molar-refractivity contribution in [2.24, 2.45) is 0 Å². The minimum absolute atomic E-state index is 0.256. The standard InChI is InChI=1S/C13H12BrClN2O2S2/c14-13-10(15)6-12(20-13)21(18,19)17-5-4-9-8(7-17)2-1-3-11(9)16/h1-3,6H,4-5,7,16H2. The second kappa shape index (κ2) is 5.55. The molecule has 1 aliphatic rings. The van der Waals surface area contributed by atoms with Crippen molar-refractivity contribution in [3.8, 4) is 0 Å². The van der Waals surface area contributed by atoms with Gasteiger partial charge in [-0.1, -0.05) is 23.7 Å². The largest absolute Gasteiger partial charge is 0.398 e. The molecule has 0 saturated heterocycles. The summed E-state index contributed by atoms with van der Waals surface area (Å²) >= 11 is 10.3. The van der Waals surface area contributed by atoms with Crippen molar-refractivity contribution in [2.45, 2.75) is 17.2 Å². The molecule has 0 saturated carbocycles. The molecule has 0 fully saturated rings.